The highest BCUT2D eigenvalue weighted by Gasteiger charge is 2.14. The number of amides is 1. The Morgan fingerprint density at radius 1 is 0.964 bits per heavy atom. The van der Waals surface area contributed by atoms with E-state index in [0.29, 0.717) is 18.2 Å². The molecule has 0 spiro atoms. The molecule has 3 rings (SSSR count). The number of halogens is 1. The van der Waals surface area contributed by atoms with Crippen LogP contribution in [0.25, 0.3) is 0 Å². The van der Waals surface area contributed by atoms with Gasteiger partial charge < -0.3 is 10.6 Å². The first-order chi connectivity index (χ1) is 13.3. The highest BCUT2D eigenvalue weighted by atomic mass is 19.1. The molecule has 0 saturated heterocycles. The number of aromatic nitrogens is 2. The molecular weight excluding hydrogens is 355 g/mol. The van der Waals surface area contributed by atoms with Gasteiger partial charge in [-0.3, -0.25) is 4.79 Å². The topological polar surface area (TPSA) is 66.9 Å². The molecule has 0 radical (unpaired) electrons. The molecule has 144 valence electrons. The minimum Gasteiger partial charge on any atom is -0.350 e. The quantitative estimate of drug-likeness (QED) is 0.674. The van der Waals surface area contributed by atoms with Gasteiger partial charge in [0.2, 0.25) is 5.95 Å². The second-order valence-corrected chi connectivity index (χ2v) is 6.93. The van der Waals surface area contributed by atoms with Crippen LogP contribution in [0.3, 0.4) is 0 Å². The van der Waals surface area contributed by atoms with E-state index < -0.39 is 0 Å². The van der Waals surface area contributed by atoms with E-state index in [0.717, 1.165) is 27.9 Å². The zero-order valence-electron chi connectivity index (χ0n) is 16.4. The van der Waals surface area contributed by atoms with Gasteiger partial charge in [0.05, 0.1) is 0 Å². The van der Waals surface area contributed by atoms with E-state index in [9.17, 15) is 9.18 Å². The van der Waals surface area contributed by atoms with Crippen LogP contribution in [-0.4, -0.2) is 15.9 Å². The lowest BCUT2D eigenvalue weighted by atomic mass is 10.0. The number of carbonyl (C=O) groups excluding carboxylic acids is 1. The van der Waals surface area contributed by atoms with Crippen LogP contribution in [-0.2, 0) is 6.54 Å². The number of aryl methyl sites for hydroxylation is 4. The van der Waals surface area contributed by atoms with Crippen LogP contribution >= 0.6 is 0 Å². The molecule has 6 heteroatoms. The average Bonchev–Trinajstić information content (AvgIpc) is 2.63. The molecule has 28 heavy (non-hydrogen) atoms. The molecular formula is C22H23FN4O. The SMILES string of the molecule is Cc1cc(C)c(NC(=O)c2cc(C)nc(NCc3ccc(F)cc3)n2)c(C)c1. The Hall–Kier alpha value is -3.28. The van der Waals surface area contributed by atoms with Crippen LogP contribution in [0.1, 0.15) is 38.4 Å². The van der Waals surface area contributed by atoms with E-state index in [-0.39, 0.29) is 17.4 Å². The summed E-state index contributed by atoms with van der Waals surface area (Å²) in [5, 5.41) is 6.04. The van der Waals surface area contributed by atoms with Crippen LogP contribution in [0.15, 0.2) is 42.5 Å². The lowest BCUT2D eigenvalue weighted by molar-refractivity contribution is 0.102. The maximum Gasteiger partial charge on any atom is 0.274 e. The standard InChI is InChI=1S/C22H23FN4O/c1-13-9-14(2)20(15(3)10-13)27-21(28)19-11-16(4)25-22(26-19)24-12-17-5-7-18(23)8-6-17/h5-11H,12H2,1-4H3,(H,27,28)(H,24,25,26). The second kappa shape index (κ2) is 8.17. The van der Waals surface area contributed by atoms with Gasteiger partial charge in [0.1, 0.15) is 11.5 Å². The maximum atomic E-state index is 13.0. The lowest BCUT2D eigenvalue weighted by Gasteiger charge is -2.13. The molecule has 0 fully saturated rings. The first kappa shape index (κ1) is 19.5. The van der Waals surface area contributed by atoms with Crippen LogP contribution in [0.4, 0.5) is 16.0 Å². The molecule has 3 aromatic rings. The lowest BCUT2D eigenvalue weighted by Crippen LogP contribution is -2.17. The second-order valence-electron chi connectivity index (χ2n) is 6.93. The molecule has 2 N–H and O–H groups in total. The van der Waals surface area contributed by atoms with Crippen molar-refractivity contribution >= 4 is 17.5 Å². The van der Waals surface area contributed by atoms with Crippen molar-refractivity contribution in [2.75, 3.05) is 10.6 Å². The predicted octanol–water partition coefficient (Wildman–Crippen LogP) is 4.71. The van der Waals surface area contributed by atoms with Gasteiger partial charge >= 0.3 is 0 Å². The summed E-state index contributed by atoms with van der Waals surface area (Å²) in [4.78, 5) is 21.4. The first-order valence-electron chi connectivity index (χ1n) is 9.05. The van der Waals surface area contributed by atoms with Crippen molar-refractivity contribution in [3.05, 3.63) is 81.9 Å². The van der Waals surface area contributed by atoms with Gasteiger partial charge in [-0.1, -0.05) is 29.8 Å². The number of hydrogen-bond acceptors (Lipinski definition) is 4. The van der Waals surface area contributed by atoms with Gasteiger partial charge in [-0.25, -0.2) is 14.4 Å². The van der Waals surface area contributed by atoms with E-state index in [2.05, 4.69) is 20.6 Å². The Morgan fingerprint density at radius 2 is 1.61 bits per heavy atom. The number of rotatable bonds is 5. The summed E-state index contributed by atoms with van der Waals surface area (Å²) in [6, 6.07) is 11.9. The molecule has 0 saturated carbocycles. The fourth-order valence-electron chi connectivity index (χ4n) is 3.10. The van der Waals surface area contributed by atoms with Crippen LogP contribution in [0.2, 0.25) is 0 Å². The van der Waals surface area contributed by atoms with Crippen LogP contribution < -0.4 is 10.6 Å². The van der Waals surface area contributed by atoms with Gasteiger partial charge in [-0.2, -0.15) is 0 Å². The minimum atomic E-state index is -0.287. The van der Waals surface area contributed by atoms with Crippen molar-refractivity contribution in [2.45, 2.75) is 34.2 Å². The van der Waals surface area contributed by atoms with E-state index in [1.807, 2.05) is 39.8 Å². The Morgan fingerprint density at radius 3 is 2.25 bits per heavy atom. The smallest absolute Gasteiger partial charge is 0.274 e. The van der Waals surface area contributed by atoms with E-state index in [4.69, 9.17) is 0 Å². The minimum absolute atomic E-state index is 0.281. The van der Waals surface area contributed by atoms with E-state index >= 15 is 0 Å². The first-order valence-corrected chi connectivity index (χ1v) is 9.05. The monoisotopic (exact) mass is 378 g/mol. The van der Waals surface area contributed by atoms with E-state index in [1.165, 1.54) is 12.1 Å². The number of nitrogens with one attached hydrogen (secondary N) is 2. The molecule has 1 amide bonds. The summed E-state index contributed by atoms with van der Waals surface area (Å²) in [6.07, 6.45) is 0. The molecule has 1 aromatic heterocycles. The van der Waals surface area contributed by atoms with Gasteiger partial charge in [0.15, 0.2) is 0 Å². The third-order valence-electron chi connectivity index (χ3n) is 4.37. The highest BCUT2D eigenvalue weighted by molar-refractivity contribution is 6.04. The third-order valence-corrected chi connectivity index (χ3v) is 4.37. The molecule has 5 nitrogen and oxygen atoms in total. The van der Waals surface area contributed by atoms with Crippen LogP contribution in [0.5, 0.6) is 0 Å². The molecule has 0 aliphatic rings. The maximum absolute atomic E-state index is 13.0. The summed E-state index contributed by atoms with van der Waals surface area (Å²) in [5.41, 5.74) is 5.82. The van der Waals surface area contributed by atoms with Crippen molar-refractivity contribution in [3.63, 3.8) is 0 Å². The molecule has 0 bridgehead atoms. The molecule has 1 heterocycles. The Labute approximate surface area is 164 Å². The Kier molecular flexibility index (Phi) is 5.68. The van der Waals surface area contributed by atoms with Crippen molar-refractivity contribution in [2.24, 2.45) is 0 Å². The molecule has 0 atom stereocenters. The average molecular weight is 378 g/mol. The largest absolute Gasteiger partial charge is 0.350 e. The van der Waals surface area contributed by atoms with Crippen molar-refractivity contribution < 1.29 is 9.18 Å². The van der Waals surface area contributed by atoms with Gasteiger partial charge in [-0.05, 0) is 62.6 Å². The zero-order chi connectivity index (χ0) is 20.3. The zero-order valence-corrected chi connectivity index (χ0v) is 16.4. The number of benzene rings is 2. The summed E-state index contributed by atoms with van der Waals surface area (Å²) in [5.74, 6) is -0.214. The molecule has 0 unspecified atom stereocenters. The predicted molar refractivity (Wildman–Crippen MR) is 109 cm³/mol. The molecule has 0 aliphatic heterocycles. The Bertz CT molecular complexity index is 993. The number of nitrogens with zero attached hydrogens (tertiary/aromatic N) is 2. The molecule has 0 aliphatic carbocycles. The van der Waals surface area contributed by atoms with Crippen molar-refractivity contribution in [1.29, 1.82) is 0 Å². The number of hydrogen-bond donors (Lipinski definition) is 2. The van der Waals surface area contributed by atoms with Crippen LogP contribution in [0, 0.1) is 33.5 Å². The fourth-order valence-corrected chi connectivity index (χ4v) is 3.10. The third kappa shape index (κ3) is 4.71. The molecule has 2 aromatic carbocycles. The summed E-state index contributed by atoms with van der Waals surface area (Å²) >= 11 is 0. The summed E-state index contributed by atoms with van der Waals surface area (Å²) in [7, 11) is 0. The number of anilines is 2. The highest BCUT2D eigenvalue weighted by Crippen LogP contribution is 2.22. The summed E-state index contributed by atoms with van der Waals surface area (Å²) < 4.78 is 13.0. The Balaban J connectivity index is 1.77. The van der Waals surface area contributed by atoms with Crippen molar-refractivity contribution in [1.82, 2.24) is 9.97 Å². The van der Waals surface area contributed by atoms with Gasteiger partial charge in [0, 0.05) is 17.9 Å². The van der Waals surface area contributed by atoms with E-state index in [1.54, 1.807) is 18.2 Å². The normalized spacial score (nSPS) is 10.6. The van der Waals surface area contributed by atoms with Crippen molar-refractivity contribution in [3.8, 4) is 0 Å². The number of carbonyl (C=O) groups is 1. The summed E-state index contributed by atoms with van der Waals surface area (Å²) in [6.45, 7) is 8.20. The van der Waals surface area contributed by atoms with Gasteiger partial charge in [-0.15, -0.1) is 0 Å². The fraction of sp³-hybridized carbons (Fsp3) is 0.227. The van der Waals surface area contributed by atoms with Gasteiger partial charge in [0.25, 0.3) is 5.91 Å².